The smallest absolute Gasteiger partial charge is 0.322 e. The fraction of sp³-hybridized carbons (Fsp3) is 0.320. The van der Waals surface area contributed by atoms with Gasteiger partial charge in [-0.05, 0) is 36.8 Å². The number of halogens is 2. The average Bonchev–Trinajstić information content (AvgIpc) is 3.17. The largest absolute Gasteiger partial charge is 0.486 e. The van der Waals surface area contributed by atoms with Gasteiger partial charge in [-0.25, -0.2) is 4.79 Å². The van der Waals surface area contributed by atoms with Crippen molar-refractivity contribution >= 4 is 41.0 Å². The number of rotatable bonds is 6. The Bertz CT molecular complexity index is 1270. The number of ether oxygens (including phenoxy) is 2. The Kier molecular flexibility index (Phi) is 6.68. The Morgan fingerprint density at radius 1 is 1.17 bits per heavy atom. The van der Waals surface area contributed by atoms with Crippen molar-refractivity contribution in [1.82, 2.24) is 20.4 Å². The van der Waals surface area contributed by atoms with Gasteiger partial charge in [-0.1, -0.05) is 41.4 Å². The van der Waals surface area contributed by atoms with Gasteiger partial charge in [-0.2, -0.15) is 0 Å². The predicted molar refractivity (Wildman–Crippen MR) is 133 cm³/mol. The van der Waals surface area contributed by atoms with Crippen LogP contribution in [0.1, 0.15) is 18.5 Å². The van der Waals surface area contributed by atoms with Crippen molar-refractivity contribution in [3.8, 4) is 11.5 Å². The van der Waals surface area contributed by atoms with Gasteiger partial charge in [0, 0.05) is 16.6 Å². The first-order chi connectivity index (χ1) is 17.4. The normalized spacial score (nSPS) is 20.9. The van der Waals surface area contributed by atoms with Crippen molar-refractivity contribution in [1.29, 1.82) is 0 Å². The summed E-state index contributed by atoms with van der Waals surface area (Å²) >= 11 is 12.4. The number of amides is 4. The standard InChI is InChI=1S/C25H24Cl2N4O5/c1-2-31-18-11-30(12-21(32)28-10-15-13-35-19-5-3-4-6-20(19)36-15)24(33)22(18)23(29-25(31)34)16-8-7-14(26)9-17(16)27/h3-9,15,23H,2,10-13H2,1H3,(H,28,32)(H,29,34)/t15-,23-/m1/s1. The van der Waals surface area contributed by atoms with E-state index in [2.05, 4.69) is 10.6 Å². The number of urea groups is 1. The van der Waals surface area contributed by atoms with Crippen LogP contribution in [0.5, 0.6) is 11.5 Å². The maximum atomic E-state index is 13.4. The molecule has 0 aromatic heterocycles. The Labute approximate surface area is 217 Å². The van der Waals surface area contributed by atoms with E-state index in [0.717, 1.165) is 0 Å². The summed E-state index contributed by atoms with van der Waals surface area (Å²) in [6, 6.07) is 11.2. The van der Waals surface area contributed by atoms with Crippen LogP contribution in [0.3, 0.4) is 0 Å². The van der Waals surface area contributed by atoms with Gasteiger partial charge < -0.3 is 25.0 Å². The molecule has 2 aromatic carbocycles. The lowest BCUT2D eigenvalue weighted by Gasteiger charge is -2.33. The van der Waals surface area contributed by atoms with E-state index in [1.807, 2.05) is 25.1 Å². The van der Waals surface area contributed by atoms with E-state index in [4.69, 9.17) is 32.7 Å². The summed E-state index contributed by atoms with van der Waals surface area (Å²) in [7, 11) is 0. The predicted octanol–water partition coefficient (Wildman–Crippen LogP) is 3.13. The van der Waals surface area contributed by atoms with E-state index in [0.29, 0.717) is 51.5 Å². The van der Waals surface area contributed by atoms with E-state index in [1.54, 1.807) is 24.3 Å². The lowest BCUT2D eigenvalue weighted by atomic mass is 9.95. The third kappa shape index (κ3) is 4.56. The SMILES string of the molecule is CCN1C(=O)N[C@H](c2ccc(Cl)cc2Cl)C2=C1CN(CC(=O)NC[C@@H]1COc3ccccc3O1)C2=O. The minimum atomic E-state index is -0.742. The molecule has 5 rings (SSSR count). The molecule has 0 saturated heterocycles. The Morgan fingerprint density at radius 2 is 1.94 bits per heavy atom. The number of nitrogens with one attached hydrogen (secondary N) is 2. The van der Waals surface area contributed by atoms with Crippen molar-refractivity contribution < 1.29 is 23.9 Å². The second-order valence-electron chi connectivity index (χ2n) is 8.62. The first-order valence-electron chi connectivity index (χ1n) is 11.6. The molecule has 2 atom stereocenters. The van der Waals surface area contributed by atoms with Crippen LogP contribution >= 0.6 is 23.2 Å². The lowest BCUT2D eigenvalue weighted by molar-refractivity contribution is -0.132. The van der Waals surface area contributed by atoms with Gasteiger partial charge in [0.2, 0.25) is 5.91 Å². The minimum Gasteiger partial charge on any atom is -0.486 e. The first-order valence-corrected chi connectivity index (χ1v) is 12.3. The number of fused-ring (bicyclic) bond motifs is 1. The number of hydrogen-bond donors (Lipinski definition) is 2. The molecule has 2 aromatic rings. The molecule has 0 aliphatic carbocycles. The molecule has 188 valence electrons. The average molecular weight is 531 g/mol. The Hall–Kier alpha value is -3.43. The quantitative estimate of drug-likeness (QED) is 0.597. The molecule has 2 N–H and O–H groups in total. The van der Waals surface area contributed by atoms with Gasteiger partial charge in [-0.15, -0.1) is 0 Å². The number of benzene rings is 2. The Morgan fingerprint density at radius 3 is 2.69 bits per heavy atom. The molecule has 11 heteroatoms. The van der Waals surface area contributed by atoms with Crippen molar-refractivity contribution in [2.75, 3.05) is 32.8 Å². The van der Waals surface area contributed by atoms with Crippen molar-refractivity contribution in [2.24, 2.45) is 0 Å². The number of para-hydroxylation sites is 2. The summed E-state index contributed by atoms with van der Waals surface area (Å²) in [5, 5.41) is 6.47. The molecule has 36 heavy (non-hydrogen) atoms. The van der Waals surface area contributed by atoms with Crippen LogP contribution in [0.15, 0.2) is 53.7 Å². The summed E-state index contributed by atoms with van der Waals surface area (Å²) < 4.78 is 11.5. The highest BCUT2D eigenvalue weighted by molar-refractivity contribution is 6.35. The molecule has 4 amide bonds. The molecular formula is C25H24Cl2N4O5. The monoisotopic (exact) mass is 530 g/mol. The second kappa shape index (κ2) is 9.91. The molecule has 0 spiro atoms. The van der Waals surface area contributed by atoms with Gasteiger partial charge in [-0.3, -0.25) is 14.5 Å². The number of carbonyl (C=O) groups excluding carboxylic acids is 3. The highest BCUT2D eigenvalue weighted by Crippen LogP contribution is 2.39. The van der Waals surface area contributed by atoms with Gasteiger partial charge in [0.1, 0.15) is 19.3 Å². The summed E-state index contributed by atoms with van der Waals surface area (Å²) in [4.78, 5) is 41.9. The molecule has 3 aliphatic heterocycles. The molecule has 0 unspecified atom stereocenters. The summed E-state index contributed by atoms with van der Waals surface area (Å²) in [5.41, 5.74) is 1.52. The third-order valence-electron chi connectivity index (χ3n) is 6.32. The van der Waals surface area contributed by atoms with E-state index in [1.165, 1.54) is 9.80 Å². The fourth-order valence-electron chi connectivity index (χ4n) is 4.60. The van der Waals surface area contributed by atoms with Gasteiger partial charge in [0.05, 0.1) is 30.4 Å². The Balaban J connectivity index is 1.27. The fourth-order valence-corrected chi connectivity index (χ4v) is 5.12. The van der Waals surface area contributed by atoms with E-state index >= 15 is 0 Å². The summed E-state index contributed by atoms with van der Waals surface area (Å²) in [6.45, 7) is 2.71. The molecule has 0 fully saturated rings. The molecule has 3 heterocycles. The van der Waals surface area contributed by atoms with E-state index in [-0.39, 0.29) is 43.6 Å². The highest BCUT2D eigenvalue weighted by Gasteiger charge is 2.44. The lowest BCUT2D eigenvalue weighted by Crippen LogP contribution is -2.47. The highest BCUT2D eigenvalue weighted by atomic mass is 35.5. The van der Waals surface area contributed by atoms with Crippen LogP contribution in [0.25, 0.3) is 0 Å². The van der Waals surface area contributed by atoms with Crippen LogP contribution in [-0.4, -0.2) is 66.5 Å². The number of nitrogens with zero attached hydrogens (tertiary/aromatic N) is 2. The van der Waals surface area contributed by atoms with Crippen LogP contribution in [0.4, 0.5) is 4.79 Å². The van der Waals surface area contributed by atoms with Crippen molar-refractivity contribution in [3.05, 3.63) is 69.3 Å². The van der Waals surface area contributed by atoms with E-state index in [9.17, 15) is 14.4 Å². The van der Waals surface area contributed by atoms with Crippen molar-refractivity contribution in [3.63, 3.8) is 0 Å². The van der Waals surface area contributed by atoms with Crippen molar-refractivity contribution in [2.45, 2.75) is 19.1 Å². The molecule has 3 aliphatic rings. The molecular weight excluding hydrogens is 507 g/mol. The maximum absolute atomic E-state index is 13.4. The zero-order chi connectivity index (χ0) is 25.4. The molecule has 0 radical (unpaired) electrons. The minimum absolute atomic E-state index is 0.140. The molecule has 0 saturated carbocycles. The third-order valence-corrected chi connectivity index (χ3v) is 6.88. The molecule has 9 nitrogen and oxygen atoms in total. The van der Waals surface area contributed by atoms with Crippen LogP contribution < -0.4 is 20.1 Å². The topological polar surface area (TPSA) is 100 Å². The van der Waals surface area contributed by atoms with E-state index < -0.39 is 6.04 Å². The number of likely N-dealkylation sites (N-methyl/N-ethyl adjacent to an activating group) is 1. The van der Waals surface area contributed by atoms with Crippen LogP contribution in [0, 0.1) is 0 Å². The molecule has 0 bridgehead atoms. The number of hydrogen-bond acceptors (Lipinski definition) is 5. The zero-order valence-electron chi connectivity index (χ0n) is 19.4. The maximum Gasteiger partial charge on any atom is 0.322 e. The summed E-state index contributed by atoms with van der Waals surface area (Å²) in [5.74, 6) is 0.617. The van der Waals surface area contributed by atoms with Crippen LogP contribution in [0.2, 0.25) is 10.0 Å². The second-order valence-corrected chi connectivity index (χ2v) is 9.46. The first kappa shape index (κ1) is 24.3. The van der Waals surface area contributed by atoms with Crippen LogP contribution in [-0.2, 0) is 9.59 Å². The number of carbonyl (C=O) groups is 3. The zero-order valence-corrected chi connectivity index (χ0v) is 20.9. The van der Waals surface area contributed by atoms with Gasteiger partial charge >= 0.3 is 6.03 Å². The van der Waals surface area contributed by atoms with Gasteiger partial charge in [0.15, 0.2) is 11.5 Å². The van der Waals surface area contributed by atoms with Gasteiger partial charge in [0.25, 0.3) is 5.91 Å². The summed E-state index contributed by atoms with van der Waals surface area (Å²) in [6.07, 6.45) is -0.349.